The zero-order valence-electron chi connectivity index (χ0n) is 8.39. The van der Waals surface area contributed by atoms with Crippen molar-refractivity contribution in [3.8, 4) is 0 Å². The number of nitrogens with one attached hydrogen (secondary N) is 1. The highest BCUT2D eigenvalue weighted by Gasteiger charge is 2.41. The van der Waals surface area contributed by atoms with Gasteiger partial charge in [0.15, 0.2) is 0 Å². The monoisotopic (exact) mass is 253 g/mol. The van der Waals surface area contributed by atoms with Crippen LogP contribution in [0, 0.1) is 0 Å². The first-order valence-corrected chi connectivity index (χ1v) is 5.51. The number of alkyl halides is 2. The highest BCUT2D eigenvalue weighted by atomic mass is 35.5. The summed E-state index contributed by atoms with van der Waals surface area (Å²) in [4.78, 5) is 22.2. The molecule has 86 valence electrons. The van der Waals surface area contributed by atoms with Crippen LogP contribution in [0.2, 0.25) is 0 Å². The number of halogens is 2. The average Bonchev–Trinajstić information content (AvgIpc) is 2.00. The minimum absolute atomic E-state index is 0.0260. The summed E-state index contributed by atoms with van der Waals surface area (Å²) in [5, 5.41) is 2.65. The maximum atomic E-state index is 11.2. The van der Waals surface area contributed by atoms with Crippen LogP contribution in [0.5, 0.6) is 0 Å². The lowest BCUT2D eigenvalue weighted by Gasteiger charge is -2.38. The standard InChI is InChI=1S/C9H13Cl2NO3/c1-2-15-8(14)3-7(13)12-6-4-9(10,11)5-6/h6H,2-5H2,1H3,(H,12,13). The van der Waals surface area contributed by atoms with E-state index in [9.17, 15) is 9.59 Å². The molecule has 1 aliphatic rings. The van der Waals surface area contributed by atoms with E-state index in [1.807, 2.05) is 0 Å². The first-order chi connectivity index (χ1) is 6.93. The molecule has 1 rings (SSSR count). The molecule has 0 aromatic rings. The molecule has 1 saturated carbocycles. The van der Waals surface area contributed by atoms with Crippen molar-refractivity contribution >= 4 is 35.1 Å². The van der Waals surface area contributed by atoms with Crippen molar-refractivity contribution in [1.82, 2.24) is 5.32 Å². The topological polar surface area (TPSA) is 55.4 Å². The second-order valence-electron chi connectivity index (χ2n) is 3.51. The number of carbonyl (C=O) groups excluding carboxylic acids is 2. The Balaban J connectivity index is 2.18. The summed E-state index contributed by atoms with van der Waals surface area (Å²) in [6.45, 7) is 1.97. The summed E-state index contributed by atoms with van der Waals surface area (Å²) in [6.07, 6.45) is 0.789. The van der Waals surface area contributed by atoms with Crippen molar-refractivity contribution in [2.45, 2.75) is 36.6 Å². The first-order valence-electron chi connectivity index (χ1n) is 4.76. The molecule has 1 N–H and O–H groups in total. The van der Waals surface area contributed by atoms with Crippen molar-refractivity contribution in [3.05, 3.63) is 0 Å². The maximum absolute atomic E-state index is 11.2. The summed E-state index contributed by atoms with van der Waals surface area (Å²) in [5.41, 5.74) is 0. The lowest BCUT2D eigenvalue weighted by atomic mass is 9.91. The van der Waals surface area contributed by atoms with Crippen molar-refractivity contribution in [1.29, 1.82) is 0 Å². The molecule has 0 unspecified atom stereocenters. The van der Waals surface area contributed by atoms with E-state index in [-0.39, 0.29) is 25.0 Å². The van der Waals surface area contributed by atoms with Crippen molar-refractivity contribution in [3.63, 3.8) is 0 Å². The Hall–Kier alpha value is -0.480. The fraction of sp³-hybridized carbons (Fsp3) is 0.778. The SMILES string of the molecule is CCOC(=O)CC(=O)NC1CC(Cl)(Cl)C1. The molecule has 0 bridgehead atoms. The molecule has 1 aliphatic carbocycles. The Morgan fingerprint density at radius 3 is 2.53 bits per heavy atom. The van der Waals surface area contributed by atoms with Gasteiger partial charge in [-0.05, 0) is 6.92 Å². The van der Waals surface area contributed by atoms with E-state index in [2.05, 4.69) is 10.1 Å². The summed E-state index contributed by atoms with van der Waals surface area (Å²) in [5.74, 6) is -0.861. The van der Waals surface area contributed by atoms with Gasteiger partial charge in [-0.25, -0.2) is 0 Å². The molecule has 0 aliphatic heterocycles. The zero-order chi connectivity index (χ0) is 11.5. The number of hydrogen-bond donors (Lipinski definition) is 1. The largest absolute Gasteiger partial charge is 0.466 e. The van der Waals surface area contributed by atoms with E-state index in [0.717, 1.165) is 0 Å². The van der Waals surface area contributed by atoms with Crippen LogP contribution in [-0.2, 0) is 14.3 Å². The summed E-state index contributed by atoms with van der Waals surface area (Å²) < 4.78 is 3.91. The van der Waals surface area contributed by atoms with Crippen LogP contribution in [0.1, 0.15) is 26.2 Å². The van der Waals surface area contributed by atoms with Gasteiger partial charge >= 0.3 is 5.97 Å². The number of carbonyl (C=O) groups is 2. The molecule has 0 aromatic heterocycles. The van der Waals surface area contributed by atoms with Gasteiger partial charge in [0.1, 0.15) is 10.8 Å². The fourth-order valence-electron chi connectivity index (χ4n) is 1.39. The number of amides is 1. The molecule has 0 heterocycles. The molecule has 0 spiro atoms. The number of ether oxygens (including phenoxy) is 1. The van der Waals surface area contributed by atoms with Crippen molar-refractivity contribution in [2.75, 3.05) is 6.61 Å². The van der Waals surface area contributed by atoms with E-state index in [1.54, 1.807) is 6.92 Å². The van der Waals surface area contributed by atoms with Gasteiger partial charge in [-0.1, -0.05) is 0 Å². The average molecular weight is 254 g/mol. The lowest BCUT2D eigenvalue weighted by molar-refractivity contribution is -0.146. The molecule has 1 fully saturated rings. The summed E-state index contributed by atoms with van der Waals surface area (Å²) in [6, 6.07) is -0.0260. The third-order valence-corrected chi connectivity index (χ3v) is 2.68. The van der Waals surface area contributed by atoms with Gasteiger partial charge in [-0.15, -0.1) is 23.2 Å². The second kappa shape index (κ2) is 5.03. The zero-order valence-corrected chi connectivity index (χ0v) is 9.90. The minimum Gasteiger partial charge on any atom is -0.466 e. The Kier molecular flexibility index (Phi) is 4.22. The molecule has 0 atom stereocenters. The molecule has 0 radical (unpaired) electrons. The smallest absolute Gasteiger partial charge is 0.315 e. The molecular formula is C9H13Cl2NO3. The van der Waals surface area contributed by atoms with E-state index in [0.29, 0.717) is 12.8 Å². The fourth-order valence-corrected chi connectivity index (χ4v) is 2.13. The van der Waals surface area contributed by atoms with E-state index in [4.69, 9.17) is 23.2 Å². The number of esters is 1. The van der Waals surface area contributed by atoms with Crippen molar-refractivity contribution < 1.29 is 14.3 Å². The quantitative estimate of drug-likeness (QED) is 0.468. The Morgan fingerprint density at radius 1 is 1.47 bits per heavy atom. The van der Waals surface area contributed by atoms with Crippen LogP contribution in [0.4, 0.5) is 0 Å². The van der Waals surface area contributed by atoms with Crippen molar-refractivity contribution in [2.24, 2.45) is 0 Å². The molecule has 6 heteroatoms. The Labute approximate surface area is 98.2 Å². The third kappa shape index (κ3) is 4.26. The highest BCUT2D eigenvalue weighted by molar-refractivity contribution is 6.49. The lowest BCUT2D eigenvalue weighted by Crippen LogP contribution is -2.49. The van der Waals surface area contributed by atoms with Gasteiger partial charge < -0.3 is 10.1 Å². The molecule has 1 amide bonds. The third-order valence-electron chi connectivity index (χ3n) is 2.07. The van der Waals surface area contributed by atoms with Crippen LogP contribution in [0.25, 0.3) is 0 Å². The normalized spacial score (nSPS) is 19.1. The molecule has 4 nitrogen and oxygen atoms in total. The predicted octanol–water partition coefficient (Wildman–Crippen LogP) is 1.39. The molecule has 0 saturated heterocycles. The van der Waals surface area contributed by atoms with Crippen LogP contribution >= 0.6 is 23.2 Å². The maximum Gasteiger partial charge on any atom is 0.315 e. The van der Waals surface area contributed by atoms with Gasteiger partial charge in [-0.3, -0.25) is 9.59 Å². The predicted molar refractivity (Wildman–Crippen MR) is 56.9 cm³/mol. The molecule has 15 heavy (non-hydrogen) atoms. The van der Waals surface area contributed by atoms with Gasteiger partial charge in [-0.2, -0.15) is 0 Å². The Bertz CT molecular complexity index is 260. The number of rotatable bonds is 4. The van der Waals surface area contributed by atoms with E-state index >= 15 is 0 Å². The molecule has 0 aromatic carbocycles. The minimum atomic E-state index is -0.720. The molecular weight excluding hydrogens is 241 g/mol. The van der Waals surface area contributed by atoms with E-state index in [1.165, 1.54) is 0 Å². The summed E-state index contributed by atoms with van der Waals surface area (Å²) in [7, 11) is 0. The van der Waals surface area contributed by atoms with Gasteiger partial charge in [0, 0.05) is 18.9 Å². The van der Waals surface area contributed by atoms with E-state index < -0.39 is 10.3 Å². The first kappa shape index (κ1) is 12.6. The summed E-state index contributed by atoms with van der Waals surface area (Å²) >= 11 is 11.5. The van der Waals surface area contributed by atoms with Crippen LogP contribution in [0.3, 0.4) is 0 Å². The Morgan fingerprint density at radius 2 is 2.07 bits per heavy atom. The van der Waals surface area contributed by atoms with Crippen LogP contribution in [-0.4, -0.2) is 28.9 Å². The van der Waals surface area contributed by atoms with Crippen LogP contribution < -0.4 is 5.32 Å². The highest BCUT2D eigenvalue weighted by Crippen LogP contribution is 2.42. The van der Waals surface area contributed by atoms with Crippen LogP contribution in [0.15, 0.2) is 0 Å². The van der Waals surface area contributed by atoms with Gasteiger partial charge in [0.05, 0.1) is 6.61 Å². The van der Waals surface area contributed by atoms with Gasteiger partial charge in [0.2, 0.25) is 5.91 Å². The second-order valence-corrected chi connectivity index (χ2v) is 5.15. The number of hydrogen-bond acceptors (Lipinski definition) is 3. The van der Waals surface area contributed by atoms with Gasteiger partial charge in [0.25, 0.3) is 0 Å².